The van der Waals surface area contributed by atoms with Gasteiger partial charge in [-0.1, -0.05) is 11.6 Å². The van der Waals surface area contributed by atoms with E-state index in [1.807, 2.05) is 25.1 Å². The van der Waals surface area contributed by atoms with Gasteiger partial charge in [-0.15, -0.1) is 10.2 Å². The number of benzene rings is 1. The average Bonchev–Trinajstić information content (AvgIpc) is 3.20. The van der Waals surface area contributed by atoms with Crippen molar-refractivity contribution in [3.63, 3.8) is 0 Å². The number of alkyl halides is 3. The molecule has 1 saturated heterocycles. The summed E-state index contributed by atoms with van der Waals surface area (Å²) in [6, 6.07) is 8.02. The molecule has 1 unspecified atom stereocenters. The minimum absolute atomic E-state index is 0.164. The quantitative estimate of drug-likeness (QED) is 0.557. The molecular weight excluding hydrogens is 421 g/mol. The Morgan fingerprint density at radius 2 is 2.03 bits per heavy atom. The van der Waals surface area contributed by atoms with E-state index in [-0.39, 0.29) is 11.8 Å². The van der Waals surface area contributed by atoms with E-state index in [4.69, 9.17) is 4.74 Å². The molecule has 4 rings (SSSR count). The van der Waals surface area contributed by atoms with Crippen molar-refractivity contribution in [2.75, 3.05) is 20.2 Å². The first-order chi connectivity index (χ1) is 15.3. The highest BCUT2D eigenvalue weighted by Crippen LogP contribution is 2.31. The van der Waals surface area contributed by atoms with E-state index in [0.29, 0.717) is 30.3 Å². The monoisotopic (exact) mass is 444 g/mol. The molecule has 1 aliphatic rings. The summed E-state index contributed by atoms with van der Waals surface area (Å²) in [7, 11) is 1.58. The molecule has 1 fully saturated rings. The van der Waals surface area contributed by atoms with E-state index in [0.717, 1.165) is 36.2 Å². The maximum absolute atomic E-state index is 13.1. The molecule has 168 valence electrons. The number of methoxy groups -OCH3 is 1. The van der Waals surface area contributed by atoms with Crippen LogP contribution < -0.4 is 4.74 Å². The largest absolute Gasteiger partial charge is 0.496 e. The molecule has 0 N–H and O–H groups in total. The molecule has 1 amide bonds. The number of carbonyl (C=O) groups excluding carboxylic acids is 1. The zero-order chi connectivity index (χ0) is 22.9. The minimum atomic E-state index is -4.45. The third-order valence-corrected chi connectivity index (χ3v) is 5.64. The number of piperidine rings is 1. The maximum atomic E-state index is 13.1. The van der Waals surface area contributed by atoms with E-state index in [1.54, 1.807) is 18.1 Å². The maximum Gasteiger partial charge on any atom is 0.417 e. The van der Waals surface area contributed by atoms with Gasteiger partial charge in [0.05, 0.1) is 12.7 Å². The molecule has 1 atom stereocenters. The van der Waals surface area contributed by atoms with Crippen LogP contribution >= 0.6 is 0 Å². The van der Waals surface area contributed by atoms with Crippen LogP contribution in [0.1, 0.15) is 41.3 Å². The smallest absolute Gasteiger partial charge is 0.417 e. The number of amides is 1. The number of carbonyl (C=O) groups is 1. The van der Waals surface area contributed by atoms with Crippen molar-refractivity contribution in [3.8, 4) is 5.75 Å². The van der Waals surface area contributed by atoms with Crippen molar-refractivity contribution in [1.82, 2.24) is 19.5 Å². The second-order valence-corrected chi connectivity index (χ2v) is 7.90. The van der Waals surface area contributed by atoms with Crippen LogP contribution in [0.5, 0.6) is 5.75 Å². The number of rotatable bonds is 4. The van der Waals surface area contributed by atoms with Crippen molar-refractivity contribution in [1.29, 1.82) is 0 Å². The van der Waals surface area contributed by atoms with Gasteiger partial charge in [0.25, 0.3) is 0 Å². The Morgan fingerprint density at radius 3 is 2.78 bits per heavy atom. The third-order valence-electron chi connectivity index (χ3n) is 5.64. The molecule has 0 spiro atoms. The van der Waals surface area contributed by atoms with Crippen LogP contribution in [0.4, 0.5) is 13.2 Å². The lowest BCUT2D eigenvalue weighted by Crippen LogP contribution is -2.38. The zero-order valence-electron chi connectivity index (χ0n) is 17.8. The number of nitrogens with zero attached hydrogens (tertiary/aromatic N) is 4. The molecule has 2 aromatic heterocycles. The topological polar surface area (TPSA) is 59.7 Å². The van der Waals surface area contributed by atoms with Gasteiger partial charge in [0.1, 0.15) is 11.6 Å². The summed E-state index contributed by atoms with van der Waals surface area (Å²) in [4.78, 5) is 14.5. The molecule has 3 heterocycles. The third kappa shape index (κ3) is 4.46. The number of ether oxygens (including phenoxy) is 1. The summed E-state index contributed by atoms with van der Waals surface area (Å²) < 4.78 is 46.2. The molecule has 3 aromatic rings. The summed E-state index contributed by atoms with van der Waals surface area (Å²) in [5, 5.41) is 8.14. The number of pyridine rings is 1. The summed E-state index contributed by atoms with van der Waals surface area (Å²) in [6.07, 6.45) is 1.24. The van der Waals surface area contributed by atoms with Gasteiger partial charge in [-0.05, 0) is 50.1 Å². The van der Waals surface area contributed by atoms with Crippen LogP contribution in [-0.2, 0) is 11.0 Å². The normalized spacial score (nSPS) is 17.3. The van der Waals surface area contributed by atoms with Crippen LogP contribution in [0.25, 0.3) is 11.7 Å². The standard InChI is InChI=1S/C23H23F3N4O2/c1-15-5-8-19(32-2)16(12-15)6-10-21(31)29-11-3-4-17(13-29)22-28-27-20-9-7-18(14-30(20)22)23(24,25)26/h5-10,12,14,17H,3-4,11,13H2,1-2H3/b10-6+. The average molecular weight is 444 g/mol. The Bertz CT molecular complexity index is 1170. The summed E-state index contributed by atoms with van der Waals surface area (Å²) in [5.41, 5.74) is 1.44. The molecular formula is C23H23F3N4O2. The van der Waals surface area contributed by atoms with Crippen LogP contribution in [-0.4, -0.2) is 45.6 Å². The van der Waals surface area contributed by atoms with Gasteiger partial charge < -0.3 is 9.64 Å². The van der Waals surface area contributed by atoms with Crippen molar-refractivity contribution in [2.45, 2.75) is 31.9 Å². The molecule has 6 nitrogen and oxygen atoms in total. The van der Waals surface area contributed by atoms with Gasteiger partial charge >= 0.3 is 6.18 Å². The van der Waals surface area contributed by atoms with E-state index >= 15 is 0 Å². The highest BCUT2D eigenvalue weighted by Gasteiger charge is 2.32. The first-order valence-electron chi connectivity index (χ1n) is 10.3. The van der Waals surface area contributed by atoms with Gasteiger partial charge in [0.2, 0.25) is 5.91 Å². The molecule has 0 bridgehead atoms. The lowest BCUT2D eigenvalue weighted by atomic mass is 9.97. The molecule has 1 aromatic carbocycles. The molecule has 0 saturated carbocycles. The highest BCUT2D eigenvalue weighted by molar-refractivity contribution is 5.92. The fourth-order valence-electron chi connectivity index (χ4n) is 3.99. The second kappa shape index (κ2) is 8.64. The van der Waals surface area contributed by atoms with Gasteiger partial charge in [0.15, 0.2) is 5.65 Å². The van der Waals surface area contributed by atoms with Crippen molar-refractivity contribution >= 4 is 17.6 Å². The summed E-state index contributed by atoms with van der Waals surface area (Å²) in [6.45, 7) is 2.90. The van der Waals surface area contributed by atoms with E-state index in [2.05, 4.69) is 10.2 Å². The Morgan fingerprint density at radius 1 is 1.22 bits per heavy atom. The number of fused-ring (bicyclic) bond motifs is 1. The fraction of sp³-hybridized carbons (Fsp3) is 0.348. The van der Waals surface area contributed by atoms with Crippen LogP contribution in [0, 0.1) is 6.92 Å². The Labute approximate surface area is 183 Å². The number of halogens is 3. The number of aryl methyl sites for hydroxylation is 1. The predicted molar refractivity (Wildman–Crippen MR) is 113 cm³/mol. The number of likely N-dealkylation sites (tertiary alicyclic amines) is 1. The van der Waals surface area contributed by atoms with Gasteiger partial charge in [-0.2, -0.15) is 13.2 Å². The molecule has 1 aliphatic heterocycles. The molecule has 32 heavy (non-hydrogen) atoms. The van der Waals surface area contributed by atoms with Crippen LogP contribution in [0.3, 0.4) is 0 Å². The predicted octanol–water partition coefficient (Wildman–Crippen LogP) is 4.48. The molecule has 0 aliphatic carbocycles. The summed E-state index contributed by atoms with van der Waals surface area (Å²) >= 11 is 0. The Balaban J connectivity index is 1.54. The number of hydrogen-bond acceptors (Lipinski definition) is 4. The Hall–Kier alpha value is -3.36. The lowest BCUT2D eigenvalue weighted by molar-refractivity contribution is -0.137. The number of hydrogen-bond donors (Lipinski definition) is 0. The van der Waals surface area contributed by atoms with E-state index in [1.165, 1.54) is 16.5 Å². The van der Waals surface area contributed by atoms with Gasteiger partial charge in [-0.3, -0.25) is 9.20 Å². The zero-order valence-corrected chi connectivity index (χ0v) is 17.8. The minimum Gasteiger partial charge on any atom is -0.496 e. The van der Waals surface area contributed by atoms with E-state index in [9.17, 15) is 18.0 Å². The first-order valence-corrected chi connectivity index (χ1v) is 10.3. The van der Waals surface area contributed by atoms with Crippen molar-refractivity contribution in [3.05, 3.63) is 65.1 Å². The fourth-order valence-corrected chi connectivity index (χ4v) is 3.99. The van der Waals surface area contributed by atoms with E-state index < -0.39 is 11.7 Å². The number of aromatic nitrogens is 3. The van der Waals surface area contributed by atoms with Gasteiger partial charge in [-0.25, -0.2) is 0 Å². The SMILES string of the molecule is COc1ccc(C)cc1/C=C/C(=O)N1CCCC(c2nnc3ccc(C(F)(F)F)cn23)C1. The highest BCUT2D eigenvalue weighted by atomic mass is 19.4. The van der Waals surface area contributed by atoms with Gasteiger partial charge in [0, 0.05) is 36.8 Å². The molecule has 0 radical (unpaired) electrons. The summed E-state index contributed by atoms with van der Waals surface area (Å²) in [5.74, 6) is 0.746. The van der Waals surface area contributed by atoms with Crippen LogP contribution in [0.15, 0.2) is 42.6 Å². The van der Waals surface area contributed by atoms with Crippen LogP contribution in [0.2, 0.25) is 0 Å². The van der Waals surface area contributed by atoms with Crippen molar-refractivity contribution < 1.29 is 22.7 Å². The van der Waals surface area contributed by atoms with Crippen molar-refractivity contribution in [2.24, 2.45) is 0 Å². The first kappa shape index (κ1) is 21.9. The Kier molecular flexibility index (Phi) is 5.90. The second-order valence-electron chi connectivity index (χ2n) is 7.90. The molecule has 9 heteroatoms. The lowest BCUT2D eigenvalue weighted by Gasteiger charge is -2.31.